The molecule has 0 atom stereocenters. The van der Waals surface area contributed by atoms with Crippen LogP contribution in [0.4, 0.5) is 29.0 Å². The quantitative estimate of drug-likeness (QED) is 0.488. The molecule has 0 bridgehead atoms. The fraction of sp³-hybridized carbons (Fsp3) is 0.263. The van der Waals surface area contributed by atoms with Crippen LogP contribution in [-0.2, 0) is 4.79 Å². The van der Waals surface area contributed by atoms with Gasteiger partial charge in [0.1, 0.15) is 5.82 Å². The number of aryl methyl sites for hydroxylation is 1. The van der Waals surface area contributed by atoms with Crippen molar-refractivity contribution in [2.45, 2.75) is 32.6 Å². The van der Waals surface area contributed by atoms with Gasteiger partial charge in [0, 0.05) is 42.0 Å². The third kappa shape index (κ3) is 4.40. The molecule has 0 radical (unpaired) electrons. The molecule has 1 amide bonds. The van der Waals surface area contributed by atoms with E-state index >= 15 is 0 Å². The van der Waals surface area contributed by atoms with Crippen molar-refractivity contribution in [2.24, 2.45) is 0 Å². The Hall–Kier alpha value is -3.13. The van der Waals surface area contributed by atoms with E-state index in [0.29, 0.717) is 34.1 Å². The van der Waals surface area contributed by atoms with Crippen LogP contribution in [0.5, 0.6) is 0 Å². The molecular formula is C19H20ClN7O. The van der Waals surface area contributed by atoms with Gasteiger partial charge in [-0.25, -0.2) is 4.98 Å². The number of amides is 1. The van der Waals surface area contributed by atoms with Gasteiger partial charge in [-0.15, -0.1) is 0 Å². The first-order chi connectivity index (χ1) is 13.5. The summed E-state index contributed by atoms with van der Waals surface area (Å²) >= 11 is 6.27. The number of carbonyl (C=O) groups is 1. The smallest absolute Gasteiger partial charge is 0.229 e. The predicted octanol–water partition coefficient (Wildman–Crippen LogP) is 4.48. The first kappa shape index (κ1) is 18.2. The molecule has 0 spiro atoms. The normalized spacial score (nSPS) is 13.2. The Morgan fingerprint density at radius 1 is 1.14 bits per heavy atom. The van der Waals surface area contributed by atoms with E-state index in [-0.39, 0.29) is 5.91 Å². The van der Waals surface area contributed by atoms with E-state index in [1.54, 1.807) is 18.2 Å². The molecule has 28 heavy (non-hydrogen) atoms. The van der Waals surface area contributed by atoms with E-state index in [1.807, 2.05) is 19.1 Å². The van der Waals surface area contributed by atoms with Crippen LogP contribution in [-0.4, -0.2) is 26.1 Å². The number of anilines is 5. The van der Waals surface area contributed by atoms with Crippen LogP contribution < -0.4 is 16.0 Å². The molecule has 1 aliphatic rings. The zero-order chi connectivity index (χ0) is 19.7. The zero-order valence-corrected chi connectivity index (χ0v) is 16.3. The van der Waals surface area contributed by atoms with Crippen molar-refractivity contribution in [3.05, 3.63) is 46.7 Å². The van der Waals surface area contributed by atoms with Gasteiger partial charge in [0.2, 0.25) is 11.9 Å². The summed E-state index contributed by atoms with van der Waals surface area (Å²) in [4.78, 5) is 20.2. The molecule has 2 aromatic heterocycles. The Labute approximate surface area is 167 Å². The number of H-pyrrole nitrogens is 1. The summed E-state index contributed by atoms with van der Waals surface area (Å²) < 4.78 is 0. The van der Waals surface area contributed by atoms with Crippen LogP contribution in [0.25, 0.3) is 0 Å². The molecule has 1 saturated carbocycles. The molecule has 0 saturated heterocycles. The van der Waals surface area contributed by atoms with Gasteiger partial charge in [-0.1, -0.05) is 11.6 Å². The van der Waals surface area contributed by atoms with Gasteiger partial charge in [0.05, 0.1) is 10.7 Å². The minimum atomic E-state index is -0.156. The highest BCUT2D eigenvalue weighted by atomic mass is 35.5. The Kier molecular flexibility index (Phi) is 4.87. The fourth-order valence-corrected chi connectivity index (χ4v) is 3.01. The summed E-state index contributed by atoms with van der Waals surface area (Å²) in [5.74, 6) is 2.18. The SMILES string of the molecule is CC(=O)Nc1ccc(Cl)c(Nc2nc(C)cc(Nc3cc(C4CC4)[nH]n3)n2)c1. The van der Waals surface area contributed by atoms with Crippen LogP contribution in [0.1, 0.15) is 37.1 Å². The molecule has 4 rings (SSSR count). The molecule has 1 aliphatic carbocycles. The van der Waals surface area contributed by atoms with Gasteiger partial charge in [0.25, 0.3) is 0 Å². The lowest BCUT2D eigenvalue weighted by Gasteiger charge is -2.11. The maximum absolute atomic E-state index is 11.3. The summed E-state index contributed by atoms with van der Waals surface area (Å²) in [5.41, 5.74) is 3.16. The average molecular weight is 398 g/mol. The van der Waals surface area contributed by atoms with Gasteiger partial charge < -0.3 is 16.0 Å². The number of hydrogen-bond acceptors (Lipinski definition) is 6. The van der Waals surface area contributed by atoms with Gasteiger partial charge in [-0.2, -0.15) is 10.1 Å². The van der Waals surface area contributed by atoms with Gasteiger partial charge in [0.15, 0.2) is 5.82 Å². The van der Waals surface area contributed by atoms with E-state index in [2.05, 4.69) is 36.1 Å². The molecule has 0 aliphatic heterocycles. The van der Waals surface area contributed by atoms with Gasteiger partial charge in [-0.05, 0) is 38.0 Å². The molecule has 3 aromatic rings. The number of aromatic amines is 1. The summed E-state index contributed by atoms with van der Waals surface area (Å²) in [6, 6.07) is 9.02. The lowest BCUT2D eigenvalue weighted by Crippen LogP contribution is -2.07. The van der Waals surface area contributed by atoms with E-state index in [4.69, 9.17) is 11.6 Å². The third-order valence-electron chi connectivity index (χ3n) is 4.26. The number of aromatic nitrogens is 4. The second-order valence-corrected chi connectivity index (χ2v) is 7.23. The van der Waals surface area contributed by atoms with Crippen LogP contribution in [0.3, 0.4) is 0 Å². The Morgan fingerprint density at radius 2 is 1.96 bits per heavy atom. The lowest BCUT2D eigenvalue weighted by atomic mass is 10.2. The zero-order valence-electron chi connectivity index (χ0n) is 15.5. The minimum Gasteiger partial charge on any atom is -0.326 e. The molecule has 0 unspecified atom stereocenters. The molecular weight excluding hydrogens is 378 g/mol. The van der Waals surface area contributed by atoms with Crippen molar-refractivity contribution < 1.29 is 4.79 Å². The number of rotatable bonds is 6. The minimum absolute atomic E-state index is 0.156. The van der Waals surface area contributed by atoms with E-state index in [9.17, 15) is 4.79 Å². The highest BCUT2D eigenvalue weighted by molar-refractivity contribution is 6.33. The van der Waals surface area contributed by atoms with E-state index in [0.717, 1.165) is 17.2 Å². The third-order valence-corrected chi connectivity index (χ3v) is 4.59. The Balaban J connectivity index is 1.54. The summed E-state index contributed by atoms with van der Waals surface area (Å²) in [6.45, 7) is 3.33. The van der Waals surface area contributed by atoms with Crippen LogP contribution in [0, 0.1) is 6.92 Å². The highest BCUT2D eigenvalue weighted by Gasteiger charge is 2.25. The number of nitrogens with one attached hydrogen (secondary N) is 4. The lowest BCUT2D eigenvalue weighted by molar-refractivity contribution is -0.114. The fourth-order valence-electron chi connectivity index (χ4n) is 2.85. The van der Waals surface area contributed by atoms with Crippen LogP contribution >= 0.6 is 11.6 Å². The van der Waals surface area contributed by atoms with Crippen LogP contribution in [0.15, 0.2) is 30.3 Å². The maximum Gasteiger partial charge on any atom is 0.229 e. The molecule has 2 heterocycles. The number of benzene rings is 1. The molecule has 1 aromatic carbocycles. The second-order valence-electron chi connectivity index (χ2n) is 6.83. The first-order valence-corrected chi connectivity index (χ1v) is 9.36. The largest absolute Gasteiger partial charge is 0.326 e. The van der Waals surface area contributed by atoms with Crippen molar-refractivity contribution in [3.8, 4) is 0 Å². The van der Waals surface area contributed by atoms with Crippen molar-refractivity contribution in [2.75, 3.05) is 16.0 Å². The van der Waals surface area contributed by atoms with Gasteiger partial charge in [-0.3, -0.25) is 9.89 Å². The highest BCUT2D eigenvalue weighted by Crippen LogP contribution is 2.39. The van der Waals surface area contributed by atoms with Gasteiger partial charge >= 0.3 is 0 Å². The molecule has 9 heteroatoms. The van der Waals surface area contributed by atoms with Crippen molar-refractivity contribution in [1.82, 2.24) is 20.2 Å². The number of hydrogen-bond donors (Lipinski definition) is 4. The second kappa shape index (κ2) is 7.47. The predicted molar refractivity (Wildman–Crippen MR) is 110 cm³/mol. The van der Waals surface area contributed by atoms with Crippen LogP contribution in [0.2, 0.25) is 5.02 Å². The maximum atomic E-state index is 11.3. The summed E-state index contributed by atoms with van der Waals surface area (Å²) in [5, 5.41) is 16.9. The Bertz CT molecular complexity index is 1030. The number of carbonyl (C=O) groups excluding carboxylic acids is 1. The monoisotopic (exact) mass is 397 g/mol. The first-order valence-electron chi connectivity index (χ1n) is 8.98. The van der Waals surface area contributed by atoms with Crippen molar-refractivity contribution in [3.63, 3.8) is 0 Å². The average Bonchev–Trinajstić information content (AvgIpc) is 3.37. The molecule has 144 valence electrons. The molecule has 8 nitrogen and oxygen atoms in total. The van der Waals surface area contributed by atoms with Crippen molar-refractivity contribution in [1.29, 1.82) is 0 Å². The number of halogens is 1. The van der Waals surface area contributed by atoms with Crippen molar-refractivity contribution >= 4 is 46.5 Å². The van der Waals surface area contributed by atoms with E-state index < -0.39 is 0 Å². The summed E-state index contributed by atoms with van der Waals surface area (Å²) in [7, 11) is 0. The number of nitrogens with zero attached hydrogens (tertiary/aromatic N) is 3. The molecule has 4 N–H and O–H groups in total. The Morgan fingerprint density at radius 3 is 2.71 bits per heavy atom. The van der Waals surface area contributed by atoms with E-state index in [1.165, 1.54) is 19.8 Å². The topological polar surface area (TPSA) is 108 Å². The standard InChI is InChI=1S/C19H20ClN7O/c1-10-7-17(24-18-9-15(26-27-18)12-3-4-12)25-19(21-10)23-16-8-13(22-11(2)28)5-6-14(16)20/h5-9,12H,3-4H2,1-2H3,(H,22,28)(H3,21,23,24,25,26,27). The summed E-state index contributed by atoms with van der Waals surface area (Å²) in [6.07, 6.45) is 2.42. The molecule has 1 fully saturated rings.